The molecule has 2 atom stereocenters. The van der Waals surface area contributed by atoms with Gasteiger partial charge in [0, 0.05) is 12.1 Å². The van der Waals surface area contributed by atoms with Crippen molar-refractivity contribution in [1.82, 2.24) is 9.88 Å². The molecule has 2 saturated heterocycles. The second-order valence-corrected chi connectivity index (χ2v) is 5.94. The van der Waals surface area contributed by atoms with Gasteiger partial charge in [-0.1, -0.05) is 23.2 Å². The molecule has 2 fully saturated rings. The highest BCUT2D eigenvalue weighted by atomic mass is 35.5. The highest BCUT2D eigenvalue weighted by molar-refractivity contribution is 6.34. The lowest BCUT2D eigenvalue weighted by molar-refractivity contribution is 0.0287. The van der Waals surface area contributed by atoms with Gasteiger partial charge in [0.05, 0.1) is 11.7 Å². The quantitative estimate of drug-likeness (QED) is 0.811. The summed E-state index contributed by atoms with van der Waals surface area (Å²) in [4.78, 5) is 18.3. The van der Waals surface area contributed by atoms with Crippen molar-refractivity contribution in [3.8, 4) is 0 Å². The van der Waals surface area contributed by atoms with E-state index in [2.05, 4.69) is 4.98 Å². The fourth-order valence-corrected chi connectivity index (χ4v) is 3.62. The summed E-state index contributed by atoms with van der Waals surface area (Å²) in [6.07, 6.45) is 2.92. The Balaban J connectivity index is 1.88. The number of hydrogen-bond acceptors (Lipinski definition) is 3. The molecule has 0 aromatic carbocycles. The van der Waals surface area contributed by atoms with E-state index in [1.165, 1.54) is 0 Å². The van der Waals surface area contributed by atoms with Gasteiger partial charge in [0.2, 0.25) is 0 Å². The van der Waals surface area contributed by atoms with Crippen LogP contribution in [0, 0.1) is 0 Å². The molecule has 1 amide bonds. The lowest BCUT2D eigenvalue weighted by Crippen LogP contribution is -2.48. The van der Waals surface area contributed by atoms with Crippen LogP contribution >= 0.6 is 23.2 Å². The molecule has 4 nitrogen and oxygen atoms in total. The van der Waals surface area contributed by atoms with E-state index in [9.17, 15) is 9.90 Å². The standard InChI is InChI=1S/C13H14Cl2N2O2/c14-11-4-3-10(12(15)16-11)13(19)17-7-1-2-8(17)6-9(18)5-7/h3-4,7-9,18H,1-2,5-6H2. The summed E-state index contributed by atoms with van der Waals surface area (Å²) in [5, 5.41) is 10.2. The SMILES string of the molecule is O=C(c1ccc(Cl)nc1Cl)N1C2CCC1CC(O)C2. The van der Waals surface area contributed by atoms with E-state index in [4.69, 9.17) is 23.2 Å². The first-order valence-electron chi connectivity index (χ1n) is 6.39. The van der Waals surface area contributed by atoms with Crippen molar-refractivity contribution in [2.75, 3.05) is 0 Å². The van der Waals surface area contributed by atoms with Crippen molar-refractivity contribution in [1.29, 1.82) is 0 Å². The Morgan fingerprint density at radius 2 is 1.89 bits per heavy atom. The minimum absolute atomic E-state index is 0.103. The van der Waals surface area contributed by atoms with Gasteiger partial charge in [-0.15, -0.1) is 0 Å². The van der Waals surface area contributed by atoms with Crippen LogP contribution in [0.15, 0.2) is 12.1 Å². The molecule has 0 aliphatic carbocycles. The summed E-state index contributed by atoms with van der Waals surface area (Å²) in [6, 6.07) is 3.42. The smallest absolute Gasteiger partial charge is 0.257 e. The maximum absolute atomic E-state index is 12.6. The number of carbonyl (C=O) groups excluding carboxylic acids is 1. The number of aliphatic hydroxyl groups is 1. The van der Waals surface area contributed by atoms with Crippen molar-refractivity contribution in [3.63, 3.8) is 0 Å². The monoisotopic (exact) mass is 300 g/mol. The Hall–Kier alpha value is -0.840. The van der Waals surface area contributed by atoms with Crippen molar-refractivity contribution in [2.24, 2.45) is 0 Å². The molecule has 2 aliphatic heterocycles. The zero-order valence-electron chi connectivity index (χ0n) is 10.2. The molecule has 2 aliphatic rings. The Bertz CT molecular complexity index is 509. The van der Waals surface area contributed by atoms with Crippen LogP contribution in [0.2, 0.25) is 10.3 Å². The van der Waals surface area contributed by atoms with Gasteiger partial charge < -0.3 is 10.0 Å². The van der Waals surface area contributed by atoms with Crippen molar-refractivity contribution in [2.45, 2.75) is 43.9 Å². The third-order valence-corrected chi connectivity index (χ3v) is 4.49. The number of carbonyl (C=O) groups is 1. The third-order valence-electron chi connectivity index (χ3n) is 3.99. The molecule has 0 radical (unpaired) electrons. The van der Waals surface area contributed by atoms with Gasteiger partial charge in [-0.05, 0) is 37.8 Å². The van der Waals surface area contributed by atoms with Crippen LogP contribution < -0.4 is 0 Å². The lowest BCUT2D eigenvalue weighted by Gasteiger charge is -2.37. The summed E-state index contributed by atoms with van der Waals surface area (Å²) in [6.45, 7) is 0. The molecule has 1 N–H and O–H groups in total. The molecule has 1 aromatic heterocycles. The third kappa shape index (κ3) is 2.33. The molecule has 2 unspecified atom stereocenters. The zero-order valence-corrected chi connectivity index (χ0v) is 11.7. The molecule has 2 bridgehead atoms. The van der Waals surface area contributed by atoms with Crippen LogP contribution in [0.3, 0.4) is 0 Å². The zero-order chi connectivity index (χ0) is 13.6. The van der Waals surface area contributed by atoms with E-state index < -0.39 is 0 Å². The summed E-state index contributed by atoms with van der Waals surface area (Å²) >= 11 is 11.7. The first kappa shape index (κ1) is 13.2. The Morgan fingerprint density at radius 3 is 2.47 bits per heavy atom. The van der Waals surface area contributed by atoms with Crippen molar-refractivity contribution in [3.05, 3.63) is 28.0 Å². The van der Waals surface area contributed by atoms with Crippen LogP contribution in [0.25, 0.3) is 0 Å². The number of hydrogen-bond donors (Lipinski definition) is 1. The van der Waals surface area contributed by atoms with Gasteiger partial charge in [0.1, 0.15) is 10.3 Å². The molecule has 19 heavy (non-hydrogen) atoms. The molecule has 3 rings (SSSR count). The fraction of sp³-hybridized carbons (Fsp3) is 0.538. The Morgan fingerprint density at radius 1 is 1.26 bits per heavy atom. The number of amides is 1. The molecule has 0 saturated carbocycles. The van der Waals surface area contributed by atoms with E-state index >= 15 is 0 Å². The number of fused-ring (bicyclic) bond motifs is 2. The second kappa shape index (κ2) is 4.93. The van der Waals surface area contributed by atoms with E-state index in [1.807, 2.05) is 4.90 Å². The van der Waals surface area contributed by atoms with E-state index in [1.54, 1.807) is 12.1 Å². The van der Waals surface area contributed by atoms with Crippen LogP contribution in [0.1, 0.15) is 36.0 Å². The molecule has 6 heteroatoms. The summed E-state index contributed by atoms with van der Waals surface area (Å²) in [5.74, 6) is -0.103. The van der Waals surface area contributed by atoms with E-state index in [-0.39, 0.29) is 34.4 Å². The fourth-order valence-electron chi connectivity index (χ4n) is 3.19. The average molecular weight is 301 g/mol. The minimum atomic E-state index is -0.291. The molecular weight excluding hydrogens is 287 g/mol. The van der Waals surface area contributed by atoms with Crippen LogP contribution in [0.5, 0.6) is 0 Å². The number of piperidine rings is 1. The Labute approximate surface area is 121 Å². The second-order valence-electron chi connectivity index (χ2n) is 5.19. The van der Waals surface area contributed by atoms with Crippen molar-refractivity contribution >= 4 is 29.1 Å². The number of halogens is 2. The highest BCUT2D eigenvalue weighted by Crippen LogP contribution is 2.37. The normalized spacial score (nSPS) is 29.6. The van der Waals surface area contributed by atoms with Gasteiger partial charge in [-0.3, -0.25) is 4.79 Å². The van der Waals surface area contributed by atoms with Crippen molar-refractivity contribution < 1.29 is 9.90 Å². The van der Waals surface area contributed by atoms with Gasteiger partial charge in [0.25, 0.3) is 5.91 Å². The molecule has 0 spiro atoms. The maximum Gasteiger partial charge on any atom is 0.257 e. The van der Waals surface area contributed by atoms with Crippen LogP contribution in [-0.2, 0) is 0 Å². The predicted molar refractivity (Wildman–Crippen MR) is 72.5 cm³/mol. The van der Waals surface area contributed by atoms with Gasteiger partial charge in [0.15, 0.2) is 0 Å². The van der Waals surface area contributed by atoms with Gasteiger partial charge in [-0.2, -0.15) is 0 Å². The first-order chi connectivity index (χ1) is 9.06. The van der Waals surface area contributed by atoms with Gasteiger partial charge >= 0.3 is 0 Å². The maximum atomic E-state index is 12.6. The number of nitrogens with zero attached hydrogens (tertiary/aromatic N) is 2. The largest absolute Gasteiger partial charge is 0.393 e. The van der Waals surface area contributed by atoms with Crippen LogP contribution in [-0.4, -0.2) is 39.1 Å². The summed E-state index contributed by atoms with van der Waals surface area (Å²) in [7, 11) is 0. The highest BCUT2D eigenvalue weighted by Gasteiger charge is 2.43. The van der Waals surface area contributed by atoms with Gasteiger partial charge in [-0.25, -0.2) is 4.98 Å². The lowest BCUT2D eigenvalue weighted by atomic mass is 9.99. The molecule has 102 valence electrons. The molecule has 1 aromatic rings. The number of pyridine rings is 1. The summed E-state index contributed by atoms with van der Waals surface area (Å²) in [5.41, 5.74) is 0.388. The first-order valence-corrected chi connectivity index (χ1v) is 7.14. The predicted octanol–water partition coefficient (Wildman–Crippen LogP) is 2.52. The molecular formula is C13H14Cl2N2O2. The average Bonchev–Trinajstić information content (AvgIpc) is 2.61. The minimum Gasteiger partial charge on any atom is -0.393 e. The Kier molecular flexibility index (Phi) is 3.41. The summed E-state index contributed by atoms with van der Waals surface area (Å²) < 4.78 is 0. The number of aromatic nitrogens is 1. The van der Waals surface area contributed by atoms with E-state index in [0.29, 0.717) is 18.4 Å². The topological polar surface area (TPSA) is 53.4 Å². The van der Waals surface area contributed by atoms with E-state index in [0.717, 1.165) is 12.8 Å². The molecule has 3 heterocycles. The number of rotatable bonds is 1. The van der Waals surface area contributed by atoms with Crippen LogP contribution in [0.4, 0.5) is 0 Å². The number of aliphatic hydroxyl groups excluding tert-OH is 1.